The number of aliphatic imine (C=N–C) groups is 1. The SMILES string of the molecule is Cc1cccc(NC(N)=NCc2ccc(N3C(=O)NC(C)(C4CC4)C3=O)cc2)c1.I. The molecule has 158 valence electrons. The van der Waals surface area contributed by atoms with E-state index in [0.717, 1.165) is 29.7 Å². The predicted octanol–water partition coefficient (Wildman–Crippen LogP) is 3.76. The highest BCUT2D eigenvalue weighted by Crippen LogP contribution is 2.43. The molecular formula is C22H26IN5O2. The standard InChI is InChI=1S/C22H25N5O2.HI/c1-14-4-3-5-17(12-14)25-20(23)24-13-15-6-10-18(11-7-15)27-19(28)22(2,16-8-9-16)26-21(27)29;/h3-7,10-12,16H,8-9,13H2,1-2H3,(H,26,29)(H3,23,24,25);1H. The van der Waals surface area contributed by atoms with Crippen molar-refractivity contribution in [2.24, 2.45) is 16.6 Å². The van der Waals surface area contributed by atoms with E-state index >= 15 is 0 Å². The fraction of sp³-hybridized carbons (Fsp3) is 0.318. The second-order valence-corrected chi connectivity index (χ2v) is 7.91. The Morgan fingerprint density at radius 3 is 2.57 bits per heavy atom. The second kappa shape index (κ2) is 8.63. The molecule has 2 aromatic rings. The lowest BCUT2D eigenvalue weighted by Crippen LogP contribution is -2.46. The zero-order valence-corrected chi connectivity index (χ0v) is 19.3. The molecule has 1 atom stereocenters. The maximum absolute atomic E-state index is 12.8. The summed E-state index contributed by atoms with van der Waals surface area (Å²) < 4.78 is 0. The number of hydrogen-bond donors (Lipinski definition) is 3. The van der Waals surface area contributed by atoms with E-state index < -0.39 is 5.54 Å². The zero-order valence-electron chi connectivity index (χ0n) is 17.0. The molecule has 0 radical (unpaired) electrons. The number of rotatable bonds is 5. The smallest absolute Gasteiger partial charge is 0.329 e. The molecule has 0 spiro atoms. The minimum Gasteiger partial charge on any atom is -0.370 e. The van der Waals surface area contributed by atoms with Crippen molar-refractivity contribution < 1.29 is 9.59 Å². The molecule has 1 saturated carbocycles. The quantitative estimate of drug-likeness (QED) is 0.243. The summed E-state index contributed by atoms with van der Waals surface area (Å²) in [7, 11) is 0. The van der Waals surface area contributed by atoms with Gasteiger partial charge in [0.05, 0.1) is 12.2 Å². The Kier molecular flexibility index (Phi) is 6.35. The molecular weight excluding hydrogens is 493 g/mol. The van der Waals surface area contributed by atoms with Crippen LogP contribution < -0.4 is 21.3 Å². The summed E-state index contributed by atoms with van der Waals surface area (Å²) in [6, 6.07) is 14.8. The van der Waals surface area contributed by atoms with Crippen molar-refractivity contribution in [3.05, 3.63) is 59.7 Å². The van der Waals surface area contributed by atoms with Gasteiger partial charge >= 0.3 is 6.03 Å². The molecule has 2 aliphatic rings. The van der Waals surface area contributed by atoms with Gasteiger partial charge in [0.25, 0.3) is 5.91 Å². The van der Waals surface area contributed by atoms with Crippen molar-refractivity contribution >= 4 is 53.2 Å². The minimum atomic E-state index is -0.782. The fourth-order valence-corrected chi connectivity index (χ4v) is 3.66. The van der Waals surface area contributed by atoms with Gasteiger partial charge in [0.1, 0.15) is 5.54 Å². The normalized spacial score (nSPS) is 21.3. The number of halogens is 1. The number of hydrogen-bond acceptors (Lipinski definition) is 3. The van der Waals surface area contributed by atoms with Crippen LogP contribution in [0.3, 0.4) is 0 Å². The number of guanidine groups is 1. The Labute approximate surface area is 193 Å². The number of nitrogens with two attached hydrogens (primary N) is 1. The molecule has 0 aromatic heterocycles. The maximum atomic E-state index is 12.8. The Morgan fingerprint density at radius 2 is 1.93 bits per heavy atom. The third kappa shape index (κ3) is 4.43. The molecule has 4 N–H and O–H groups in total. The van der Waals surface area contributed by atoms with Crippen LogP contribution in [-0.4, -0.2) is 23.4 Å². The van der Waals surface area contributed by atoms with Crippen LogP contribution in [0.1, 0.15) is 30.9 Å². The summed E-state index contributed by atoms with van der Waals surface area (Å²) in [6.07, 6.45) is 1.95. The van der Waals surface area contributed by atoms with Gasteiger partial charge in [-0.15, -0.1) is 24.0 Å². The van der Waals surface area contributed by atoms with Crippen molar-refractivity contribution in [3.8, 4) is 0 Å². The Hall–Kier alpha value is -2.62. The number of benzene rings is 2. The highest BCUT2D eigenvalue weighted by atomic mass is 127. The van der Waals surface area contributed by atoms with Crippen LogP contribution in [-0.2, 0) is 11.3 Å². The Balaban J connectivity index is 0.00000256. The topological polar surface area (TPSA) is 99.8 Å². The number of carbonyl (C=O) groups excluding carboxylic acids is 2. The number of nitrogens with zero attached hydrogens (tertiary/aromatic N) is 2. The van der Waals surface area contributed by atoms with Gasteiger partial charge in [-0.25, -0.2) is 14.7 Å². The Morgan fingerprint density at radius 1 is 1.23 bits per heavy atom. The largest absolute Gasteiger partial charge is 0.370 e. The average Bonchev–Trinajstić information content (AvgIpc) is 3.50. The van der Waals surface area contributed by atoms with Crippen molar-refractivity contribution in [2.45, 2.75) is 38.8 Å². The van der Waals surface area contributed by atoms with Gasteiger partial charge in [-0.05, 0) is 68.0 Å². The number of amides is 3. The summed E-state index contributed by atoms with van der Waals surface area (Å²) in [4.78, 5) is 30.8. The van der Waals surface area contributed by atoms with E-state index in [1.54, 1.807) is 12.1 Å². The second-order valence-electron chi connectivity index (χ2n) is 7.91. The first-order valence-electron chi connectivity index (χ1n) is 9.76. The molecule has 3 amide bonds. The summed E-state index contributed by atoms with van der Waals surface area (Å²) in [5, 5.41) is 5.93. The number of nitrogens with one attached hydrogen (secondary N) is 2. The lowest BCUT2D eigenvalue weighted by Gasteiger charge is -2.21. The summed E-state index contributed by atoms with van der Waals surface area (Å²) >= 11 is 0. The van der Waals surface area contributed by atoms with Crippen LogP contribution >= 0.6 is 24.0 Å². The molecule has 0 bridgehead atoms. The fourth-order valence-electron chi connectivity index (χ4n) is 3.66. The van der Waals surface area contributed by atoms with Gasteiger partial charge in [-0.2, -0.15) is 0 Å². The summed E-state index contributed by atoms with van der Waals surface area (Å²) in [5.41, 5.74) is 8.70. The molecule has 4 rings (SSSR count). The molecule has 2 aromatic carbocycles. The van der Waals surface area contributed by atoms with Gasteiger partial charge in [-0.1, -0.05) is 24.3 Å². The van der Waals surface area contributed by atoms with Crippen LogP contribution in [0.25, 0.3) is 0 Å². The highest BCUT2D eigenvalue weighted by molar-refractivity contribution is 14.0. The number of anilines is 2. The number of urea groups is 1. The van der Waals surface area contributed by atoms with Gasteiger partial charge in [0.15, 0.2) is 5.96 Å². The molecule has 7 nitrogen and oxygen atoms in total. The molecule has 1 unspecified atom stereocenters. The number of aryl methyl sites for hydroxylation is 1. The maximum Gasteiger partial charge on any atom is 0.329 e. The molecule has 2 fully saturated rings. The molecule has 1 aliphatic heterocycles. The third-order valence-electron chi connectivity index (χ3n) is 5.53. The molecule has 30 heavy (non-hydrogen) atoms. The first-order valence-corrected chi connectivity index (χ1v) is 9.76. The van der Waals surface area contributed by atoms with E-state index in [0.29, 0.717) is 18.2 Å². The molecule has 1 saturated heterocycles. The van der Waals surface area contributed by atoms with Crippen molar-refractivity contribution in [1.82, 2.24) is 5.32 Å². The van der Waals surface area contributed by atoms with E-state index in [-0.39, 0.29) is 41.8 Å². The third-order valence-corrected chi connectivity index (χ3v) is 5.53. The van der Waals surface area contributed by atoms with Gasteiger partial charge in [0, 0.05) is 5.69 Å². The molecule has 8 heteroatoms. The molecule has 1 aliphatic carbocycles. The predicted molar refractivity (Wildman–Crippen MR) is 129 cm³/mol. The lowest BCUT2D eigenvalue weighted by molar-refractivity contribution is -0.122. The van der Waals surface area contributed by atoms with Crippen LogP contribution in [0.4, 0.5) is 16.2 Å². The van der Waals surface area contributed by atoms with E-state index in [2.05, 4.69) is 15.6 Å². The summed E-state index contributed by atoms with van der Waals surface area (Å²) in [5.74, 6) is 0.387. The molecule has 1 heterocycles. The number of carbonyl (C=O) groups is 2. The first-order chi connectivity index (χ1) is 13.9. The Bertz CT molecular complexity index is 987. The van der Waals surface area contributed by atoms with E-state index in [1.807, 2.05) is 50.2 Å². The first kappa shape index (κ1) is 22.1. The van der Waals surface area contributed by atoms with Gasteiger partial charge in [-0.3, -0.25) is 4.79 Å². The van der Waals surface area contributed by atoms with Crippen molar-refractivity contribution in [3.63, 3.8) is 0 Å². The monoisotopic (exact) mass is 519 g/mol. The van der Waals surface area contributed by atoms with Crippen LogP contribution in [0.5, 0.6) is 0 Å². The average molecular weight is 519 g/mol. The minimum absolute atomic E-state index is 0. The van der Waals surface area contributed by atoms with Crippen LogP contribution in [0.2, 0.25) is 0 Å². The van der Waals surface area contributed by atoms with E-state index in [4.69, 9.17) is 5.73 Å². The van der Waals surface area contributed by atoms with E-state index in [1.165, 1.54) is 4.90 Å². The van der Waals surface area contributed by atoms with Gasteiger partial charge in [0.2, 0.25) is 0 Å². The van der Waals surface area contributed by atoms with E-state index in [9.17, 15) is 9.59 Å². The zero-order chi connectivity index (χ0) is 20.6. The number of imide groups is 1. The van der Waals surface area contributed by atoms with Crippen molar-refractivity contribution in [1.29, 1.82) is 0 Å². The highest BCUT2D eigenvalue weighted by Gasteiger charge is 2.56. The summed E-state index contributed by atoms with van der Waals surface area (Å²) in [6.45, 7) is 4.22. The van der Waals surface area contributed by atoms with Crippen LogP contribution in [0.15, 0.2) is 53.5 Å². The lowest BCUT2D eigenvalue weighted by atomic mass is 9.96. The van der Waals surface area contributed by atoms with Crippen LogP contribution in [0, 0.1) is 12.8 Å². The van der Waals surface area contributed by atoms with Crippen molar-refractivity contribution in [2.75, 3.05) is 10.2 Å². The van der Waals surface area contributed by atoms with Gasteiger partial charge < -0.3 is 16.4 Å².